The lowest BCUT2D eigenvalue weighted by atomic mass is 10.0. The number of nitrogens with two attached hydrogens (primary N) is 1. The number of nitrogen functional groups attached to an aromatic ring is 1. The summed E-state index contributed by atoms with van der Waals surface area (Å²) in [6, 6.07) is 5.94. The molecule has 0 atom stereocenters. The van der Waals surface area contributed by atoms with Crippen molar-refractivity contribution in [2.45, 2.75) is 26.7 Å². The van der Waals surface area contributed by atoms with Crippen LogP contribution in [0.3, 0.4) is 0 Å². The average Bonchev–Trinajstić information content (AvgIpc) is 2.32. The quantitative estimate of drug-likeness (QED) is 0.887. The number of benzene rings is 1. The third kappa shape index (κ3) is 2.93. The number of H-pyrrole nitrogens is 1. The fourth-order valence-electron chi connectivity index (χ4n) is 1.80. The Labute approximate surface area is 111 Å². The first-order valence-electron chi connectivity index (χ1n) is 6.10. The molecule has 0 radical (unpaired) electrons. The number of ether oxygens (including phenoxy) is 1. The molecule has 0 bridgehead atoms. The molecule has 1 aromatic carbocycles. The molecule has 1 aromatic heterocycles. The van der Waals surface area contributed by atoms with E-state index in [0.29, 0.717) is 11.7 Å². The highest BCUT2D eigenvalue weighted by atomic mass is 16.5. The van der Waals surface area contributed by atoms with Gasteiger partial charge in [0.05, 0.1) is 6.20 Å². The summed E-state index contributed by atoms with van der Waals surface area (Å²) in [7, 11) is 0. The Morgan fingerprint density at radius 1 is 1.32 bits per heavy atom. The smallest absolute Gasteiger partial charge is 0.295 e. The van der Waals surface area contributed by atoms with Crippen molar-refractivity contribution < 1.29 is 4.74 Å². The maximum Gasteiger partial charge on any atom is 0.295 e. The first kappa shape index (κ1) is 13.1. The molecule has 0 saturated carbocycles. The maximum absolute atomic E-state index is 11.7. The van der Waals surface area contributed by atoms with E-state index in [9.17, 15) is 4.79 Å². The fourth-order valence-corrected chi connectivity index (χ4v) is 1.80. The molecule has 1 heterocycles. The van der Waals surface area contributed by atoms with Gasteiger partial charge in [0.1, 0.15) is 5.75 Å². The first-order chi connectivity index (χ1) is 8.97. The SMILES string of the molecule is Cc1ccc(C(C)C)c(Oc2cnc(N)[nH]c2=O)c1. The van der Waals surface area contributed by atoms with Crippen LogP contribution in [0.15, 0.2) is 29.2 Å². The molecule has 5 heteroatoms. The van der Waals surface area contributed by atoms with Crippen LogP contribution < -0.4 is 16.0 Å². The van der Waals surface area contributed by atoms with Gasteiger partial charge in [-0.25, -0.2) is 4.98 Å². The van der Waals surface area contributed by atoms with E-state index in [1.54, 1.807) is 0 Å². The van der Waals surface area contributed by atoms with Crippen LogP contribution in [0.1, 0.15) is 30.9 Å². The average molecular weight is 259 g/mol. The number of hydrogen-bond acceptors (Lipinski definition) is 4. The predicted octanol–water partition coefficient (Wildman–Crippen LogP) is 2.58. The lowest BCUT2D eigenvalue weighted by molar-refractivity contribution is 0.463. The summed E-state index contributed by atoms with van der Waals surface area (Å²) in [5.41, 5.74) is 7.13. The molecule has 0 amide bonds. The third-order valence-electron chi connectivity index (χ3n) is 2.80. The minimum Gasteiger partial charge on any atom is -0.450 e. The van der Waals surface area contributed by atoms with Crippen LogP contribution in [-0.2, 0) is 0 Å². The van der Waals surface area contributed by atoms with Gasteiger partial charge >= 0.3 is 0 Å². The zero-order valence-corrected chi connectivity index (χ0v) is 11.2. The molecule has 2 aromatic rings. The molecule has 5 nitrogen and oxygen atoms in total. The molecule has 100 valence electrons. The topological polar surface area (TPSA) is 81.0 Å². The van der Waals surface area contributed by atoms with Crippen molar-refractivity contribution in [1.82, 2.24) is 9.97 Å². The summed E-state index contributed by atoms with van der Waals surface area (Å²) in [6.07, 6.45) is 1.33. The normalized spacial score (nSPS) is 10.7. The van der Waals surface area contributed by atoms with Crippen molar-refractivity contribution in [3.63, 3.8) is 0 Å². The van der Waals surface area contributed by atoms with E-state index in [1.165, 1.54) is 6.20 Å². The van der Waals surface area contributed by atoms with E-state index < -0.39 is 0 Å². The summed E-state index contributed by atoms with van der Waals surface area (Å²) in [4.78, 5) is 17.9. The van der Waals surface area contributed by atoms with Crippen LogP contribution in [0.5, 0.6) is 11.5 Å². The molecule has 0 fully saturated rings. The van der Waals surface area contributed by atoms with Gasteiger partial charge in [-0.3, -0.25) is 9.78 Å². The Kier molecular flexibility index (Phi) is 3.55. The van der Waals surface area contributed by atoms with Gasteiger partial charge < -0.3 is 10.5 Å². The molecule has 0 saturated heterocycles. The molecule has 0 aliphatic rings. The van der Waals surface area contributed by atoms with Crippen LogP contribution in [0.2, 0.25) is 0 Å². The highest BCUT2D eigenvalue weighted by molar-refractivity contribution is 5.41. The van der Waals surface area contributed by atoms with Gasteiger partial charge in [0.15, 0.2) is 5.95 Å². The van der Waals surface area contributed by atoms with Crippen molar-refractivity contribution in [1.29, 1.82) is 0 Å². The summed E-state index contributed by atoms with van der Waals surface area (Å²) in [5.74, 6) is 1.19. The zero-order chi connectivity index (χ0) is 14.0. The van der Waals surface area contributed by atoms with E-state index >= 15 is 0 Å². The van der Waals surface area contributed by atoms with Crippen LogP contribution in [0.4, 0.5) is 5.95 Å². The molecule has 0 spiro atoms. The van der Waals surface area contributed by atoms with E-state index in [0.717, 1.165) is 11.1 Å². The number of aromatic nitrogens is 2. The van der Waals surface area contributed by atoms with E-state index in [4.69, 9.17) is 10.5 Å². The number of aromatic amines is 1. The van der Waals surface area contributed by atoms with Gasteiger partial charge in [-0.2, -0.15) is 0 Å². The zero-order valence-electron chi connectivity index (χ0n) is 11.2. The van der Waals surface area contributed by atoms with Crippen molar-refractivity contribution in [2.75, 3.05) is 5.73 Å². The summed E-state index contributed by atoms with van der Waals surface area (Å²) < 4.78 is 5.68. The van der Waals surface area contributed by atoms with Crippen LogP contribution in [0, 0.1) is 6.92 Å². The Morgan fingerprint density at radius 2 is 2.05 bits per heavy atom. The summed E-state index contributed by atoms with van der Waals surface area (Å²) in [5, 5.41) is 0. The predicted molar refractivity (Wildman–Crippen MR) is 74.6 cm³/mol. The van der Waals surface area contributed by atoms with Gasteiger partial charge in [-0.15, -0.1) is 0 Å². The number of nitrogens with zero attached hydrogens (tertiary/aromatic N) is 1. The highest BCUT2D eigenvalue weighted by Gasteiger charge is 2.11. The second-order valence-corrected chi connectivity index (χ2v) is 4.76. The fraction of sp³-hybridized carbons (Fsp3) is 0.286. The molecule has 0 aliphatic carbocycles. The maximum atomic E-state index is 11.7. The number of hydrogen-bond donors (Lipinski definition) is 2. The molecular weight excluding hydrogens is 242 g/mol. The molecule has 0 unspecified atom stereocenters. The largest absolute Gasteiger partial charge is 0.450 e. The van der Waals surface area contributed by atoms with Gasteiger partial charge in [-0.1, -0.05) is 26.0 Å². The van der Waals surface area contributed by atoms with Crippen molar-refractivity contribution in [2.24, 2.45) is 0 Å². The molecule has 2 rings (SSSR count). The first-order valence-corrected chi connectivity index (χ1v) is 6.10. The van der Waals surface area contributed by atoms with Crippen LogP contribution in [0.25, 0.3) is 0 Å². The lowest BCUT2D eigenvalue weighted by Crippen LogP contribution is -2.12. The number of nitrogens with one attached hydrogen (secondary N) is 1. The third-order valence-corrected chi connectivity index (χ3v) is 2.80. The van der Waals surface area contributed by atoms with E-state index in [1.807, 2.05) is 25.1 Å². The highest BCUT2D eigenvalue weighted by Crippen LogP contribution is 2.30. The minimum atomic E-state index is -0.385. The van der Waals surface area contributed by atoms with Gasteiger partial charge in [-0.05, 0) is 30.0 Å². The van der Waals surface area contributed by atoms with E-state index in [2.05, 4.69) is 23.8 Å². The second kappa shape index (κ2) is 5.14. The molecule has 3 N–H and O–H groups in total. The number of anilines is 1. The van der Waals surface area contributed by atoms with Crippen molar-refractivity contribution >= 4 is 5.95 Å². The van der Waals surface area contributed by atoms with Crippen LogP contribution >= 0.6 is 0 Å². The Morgan fingerprint density at radius 3 is 2.68 bits per heavy atom. The Balaban J connectivity index is 2.42. The van der Waals surface area contributed by atoms with Gasteiger partial charge in [0, 0.05) is 0 Å². The standard InChI is InChI=1S/C14H17N3O2/c1-8(2)10-5-4-9(3)6-11(10)19-12-7-16-14(15)17-13(12)18/h4-8H,1-3H3,(H3,15,16,17,18). The summed E-state index contributed by atoms with van der Waals surface area (Å²) in [6.45, 7) is 6.12. The van der Waals surface area contributed by atoms with Gasteiger partial charge in [0.2, 0.25) is 5.75 Å². The minimum absolute atomic E-state index is 0.0747. The van der Waals surface area contributed by atoms with Gasteiger partial charge in [0.25, 0.3) is 5.56 Å². The van der Waals surface area contributed by atoms with Crippen molar-refractivity contribution in [3.05, 3.63) is 45.9 Å². The molecule has 0 aliphatic heterocycles. The van der Waals surface area contributed by atoms with Crippen LogP contribution in [-0.4, -0.2) is 9.97 Å². The monoisotopic (exact) mass is 259 g/mol. The Hall–Kier alpha value is -2.30. The Bertz CT molecular complexity index is 647. The second-order valence-electron chi connectivity index (χ2n) is 4.76. The number of aryl methyl sites for hydroxylation is 1. The van der Waals surface area contributed by atoms with Crippen molar-refractivity contribution in [3.8, 4) is 11.5 Å². The molecule has 19 heavy (non-hydrogen) atoms. The number of rotatable bonds is 3. The summed E-state index contributed by atoms with van der Waals surface area (Å²) >= 11 is 0. The van der Waals surface area contributed by atoms with E-state index in [-0.39, 0.29) is 17.3 Å². The molecular formula is C14H17N3O2. The lowest BCUT2D eigenvalue weighted by Gasteiger charge is -2.13.